The predicted molar refractivity (Wildman–Crippen MR) is 88.9 cm³/mol. The van der Waals surface area contributed by atoms with Gasteiger partial charge in [-0.25, -0.2) is 0 Å². The zero-order valence-electron chi connectivity index (χ0n) is 11.0. The molecule has 0 unspecified atom stereocenters. The zero-order chi connectivity index (χ0) is 14.4. The van der Waals surface area contributed by atoms with Crippen molar-refractivity contribution in [3.8, 4) is 0 Å². The lowest BCUT2D eigenvalue weighted by Gasteiger charge is -2.24. The maximum Gasteiger partial charge on any atom is 0.305 e. The highest BCUT2D eigenvalue weighted by molar-refractivity contribution is 14.1. The van der Waals surface area contributed by atoms with Gasteiger partial charge >= 0.3 is 5.97 Å². The molecule has 2 aromatic carbocycles. The molecule has 0 heterocycles. The zero-order valence-corrected chi connectivity index (χ0v) is 13.2. The van der Waals surface area contributed by atoms with E-state index in [1.165, 1.54) is 9.13 Å². The molecule has 0 radical (unpaired) electrons. The van der Waals surface area contributed by atoms with Crippen LogP contribution in [0.25, 0.3) is 0 Å². The van der Waals surface area contributed by atoms with Crippen LogP contribution >= 0.6 is 22.6 Å². The first-order valence-corrected chi connectivity index (χ1v) is 7.49. The Labute approximate surface area is 132 Å². The molecular formula is C16H16INO2. The summed E-state index contributed by atoms with van der Waals surface area (Å²) in [5.41, 5.74) is 2.23. The first-order valence-electron chi connectivity index (χ1n) is 6.41. The quantitative estimate of drug-likeness (QED) is 0.775. The second-order valence-corrected chi connectivity index (χ2v) is 5.77. The highest BCUT2D eigenvalue weighted by atomic mass is 127. The molecule has 104 valence electrons. The van der Waals surface area contributed by atoms with E-state index in [0.717, 1.165) is 5.69 Å². The third-order valence-corrected chi connectivity index (χ3v) is 3.72. The van der Waals surface area contributed by atoms with Crippen LogP contribution in [0.15, 0.2) is 54.6 Å². The van der Waals surface area contributed by atoms with Crippen molar-refractivity contribution < 1.29 is 9.90 Å². The summed E-state index contributed by atoms with van der Waals surface area (Å²) in [5, 5.41) is 8.88. The smallest absolute Gasteiger partial charge is 0.305 e. The van der Waals surface area contributed by atoms with E-state index in [0.29, 0.717) is 13.1 Å². The summed E-state index contributed by atoms with van der Waals surface area (Å²) < 4.78 is 1.20. The molecular weight excluding hydrogens is 365 g/mol. The van der Waals surface area contributed by atoms with Crippen molar-refractivity contribution in [1.29, 1.82) is 0 Å². The summed E-state index contributed by atoms with van der Waals surface area (Å²) >= 11 is 2.28. The second kappa shape index (κ2) is 7.28. The van der Waals surface area contributed by atoms with Gasteiger partial charge in [-0.3, -0.25) is 4.79 Å². The Balaban J connectivity index is 2.13. The number of carboxylic acids is 1. The van der Waals surface area contributed by atoms with Crippen LogP contribution in [-0.2, 0) is 11.3 Å². The Morgan fingerprint density at radius 1 is 1.05 bits per heavy atom. The van der Waals surface area contributed by atoms with E-state index < -0.39 is 5.97 Å². The fourth-order valence-electron chi connectivity index (χ4n) is 1.98. The van der Waals surface area contributed by atoms with E-state index in [2.05, 4.69) is 51.8 Å². The molecule has 2 rings (SSSR count). The first-order chi connectivity index (χ1) is 9.65. The van der Waals surface area contributed by atoms with Crippen LogP contribution < -0.4 is 4.90 Å². The van der Waals surface area contributed by atoms with Gasteiger partial charge in [0.2, 0.25) is 0 Å². The Kier molecular flexibility index (Phi) is 5.40. The number of nitrogens with zero attached hydrogens (tertiary/aromatic N) is 1. The predicted octanol–water partition coefficient (Wildman–Crippen LogP) is 3.77. The minimum absolute atomic E-state index is 0.138. The van der Waals surface area contributed by atoms with E-state index >= 15 is 0 Å². The number of aliphatic carboxylic acids is 1. The minimum atomic E-state index is -0.770. The molecule has 0 aromatic heterocycles. The number of rotatable bonds is 6. The van der Waals surface area contributed by atoms with Crippen molar-refractivity contribution in [3.63, 3.8) is 0 Å². The molecule has 0 aliphatic carbocycles. The first kappa shape index (κ1) is 14.8. The van der Waals surface area contributed by atoms with Crippen molar-refractivity contribution in [2.45, 2.75) is 13.0 Å². The largest absolute Gasteiger partial charge is 0.481 e. The Morgan fingerprint density at radius 3 is 2.30 bits per heavy atom. The third kappa shape index (κ3) is 4.52. The Morgan fingerprint density at radius 2 is 1.70 bits per heavy atom. The molecule has 0 saturated heterocycles. The lowest BCUT2D eigenvalue weighted by Crippen LogP contribution is -2.25. The average molecular weight is 381 g/mol. The van der Waals surface area contributed by atoms with Gasteiger partial charge in [0.25, 0.3) is 0 Å². The molecule has 0 atom stereocenters. The van der Waals surface area contributed by atoms with Crippen LogP contribution in [0.5, 0.6) is 0 Å². The van der Waals surface area contributed by atoms with Crippen LogP contribution in [0.4, 0.5) is 5.69 Å². The van der Waals surface area contributed by atoms with Gasteiger partial charge in [0.15, 0.2) is 0 Å². The lowest BCUT2D eigenvalue weighted by molar-refractivity contribution is -0.136. The number of para-hydroxylation sites is 1. The molecule has 0 fully saturated rings. The highest BCUT2D eigenvalue weighted by Gasteiger charge is 2.09. The van der Waals surface area contributed by atoms with Gasteiger partial charge in [-0.05, 0) is 52.4 Å². The van der Waals surface area contributed by atoms with E-state index in [-0.39, 0.29) is 6.42 Å². The number of halogens is 1. The minimum Gasteiger partial charge on any atom is -0.481 e. The summed E-state index contributed by atoms with van der Waals surface area (Å²) in [6, 6.07) is 18.2. The van der Waals surface area contributed by atoms with Crippen molar-refractivity contribution >= 4 is 34.2 Å². The number of hydrogen-bond donors (Lipinski definition) is 1. The number of carboxylic acid groups (broad SMARTS) is 1. The molecule has 0 aliphatic heterocycles. The SMILES string of the molecule is O=C(O)CCN(Cc1ccc(I)cc1)c1ccccc1. The van der Waals surface area contributed by atoms with Crippen LogP contribution in [0.2, 0.25) is 0 Å². The average Bonchev–Trinajstić information content (AvgIpc) is 2.46. The summed E-state index contributed by atoms with van der Waals surface area (Å²) in [6.07, 6.45) is 0.138. The van der Waals surface area contributed by atoms with Crippen molar-refractivity contribution in [1.82, 2.24) is 0 Å². The molecule has 0 spiro atoms. The van der Waals surface area contributed by atoms with E-state index in [4.69, 9.17) is 5.11 Å². The summed E-state index contributed by atoms with van der Waals surface area (Å²) in [4.78, 5) is 12.9. The monoisotopic (exact) mass is 381 g/mol. The molecule has 20 heavy (non-hydrogen) atoms. The molecule has 3 nitrogen and oxygen atoms in total. The fraction of sp³-hybridized carbons (Fsp3) is 0.188. The van der Waals surface area contributed by atoms with Gasteiger partial charge in [-0.2, -0.15) is 0 Å². The van der Waals surface area contributed by atoms with Crippen LogP contribution in [0.3, 0.4) is 0 Å². The van der Waals surface area contributed by atoms with Gasteiger partial charge in [0.1, 0.15) is 0 Å². The van der Waals surface area contributed by atoms with E-state index in [1.807, 2.05) is 30.3 Å². The molecule has 1 N–H and O–H groups in total. The van der Waals surface area contributed by atoms with Gasteiger partial charge in [-0.1, -0.05) is 30.3 Å². The number of anilines is 1. The maximum atomic E-state index is 10.8. The molecule has 2 aromatic rings. The molecule has 0 bridgehead atoms. The van der Waals surface area contributed by atoms with E-state index in [9.17, 15) is 4.79 Å². The van der Waals surface area contributed by atoms with Gasteiger partial charge in [-0.15, -0.1) is 0 Å². The highest BCUT2D eigenvalue weighted by Crippen LogP contribution is 2.18. The summed E-state index contributed by atoms with van der Waals surface area (Å²) in [7, 11) is 0. The van der Waals surface area contributed by atoms with Gasteiger partial charge in [0.05, 0.1) is 6.42 Å². The normalized spacial score (nSPS) is 10.2. The number of carbonyl (C=O) groups is 1. The standard InChI is InChI=1S/C16H16INO2/c17-14-8-6-13(7-9-14)12-18(11-10-16(19)20)15-4-2-1-3-5-15/h1-9H,10-12H2,(H,19,20). The lowest BCUT2D eigenvalue weighted by atomic mass is 10.2. The van der Waals surface area contributed by atoms with Crippen molar-refractivity contribution in [3.05, 3.63) is 63.7 Å². The fourth-order valence-corrected chi connectivity index (χ4v) is 2.34. The van der Waals surface area contributed by atoms with Gasteiger partial charge < -0.3 is 10.0 Å². The Hall–Kier alpha value is -1.56. The van der Waals surface area contributed by atoms with Crippen molar-refractivity contribution in [2.75, 3.05) is 11.4 Å². The van der Waals surface area contributed by atoms with Gasteiger partial charge in [0, 0.05) is 22.3 Å². The molecule has 0 saturated carbocycles. The van der Waals surface area contributed by atoms with Crippen LogP contribution in [-0.4, -0.2) is 17.6 Å². The molecule has 0 aliphatic rings. The van der Waals surface area contributed by atoms with E-state index in [1.54, 1.807) is 0 Å². The summed E-state index contributed by atoms with van der Waals surface area (Å²) in [5.74, 6) is -0.770. The summed E-state index contributed by atoms with van der Waals surface area (Å²) in [6.45, 7) is 1.22. The number of benzene rings is 2. The second-order valence-electron chi connectivity index (χ2n) is 4.53. The molecule has 4 heteroatoms. The van der Waals surface area contributed by atoms with Crippen molar-refractivity contribution in [2.24, 2.45) is 0 Å². The Bertz CT molecular complexity index is 554. The number of hydrogen-bond acceptors (Lipinski definition) is 2. The van der Waals surface area contributed by atoms with Crippen LogP contribution in [0.1, 0.15) is 12.0 Å². The topological polar surface area (TPSA) is 40.5 Å². The molecule has 0 amide bonds. The van der Waals surface area contributed by atoms with Crippen LogP contribution in [0, 0.1) is 3.57 Å². The third-order valence-electron chi connectivity index (χ3n) is 3.00. The maximum absolute atomic E-state index is 10.8.